The van der Waals surface area contributed by atoms with E-state index in [1.807, 2.05) is 54.6 Å². The highest BCUT2D eigenvalue weighted by Gasteiger charge is 2.06. The zero-order valence-electron chi connectivity index (χ0n) is 11.0. The van der Waals surface area contributed by atoms with Crippen molar-refractivity contribution in [1.29, 1.82) is 0 Å². The van der Waals surface area contributed by atoms with E-state index in [1.165, 1.54) is 10.6 Å². The van der Waals surface area contributed by atoms with Gasteiger partial charge in [-0.05, 0) is 29.7 Å². The molecule has 3 nitrogen and oxygen atoms in total. The van der Waals surface area contributed by atoms with E-state index in [-0.39, 0.29) is 0 Å². The van der Waals surface area contributed by atoms with Crippen LogP contribution in [0.4, 0.5) is 5.69 Å². The molecule has 0 spiro atoms. The van der Waals surface area contributed by atoms with Gasteiger partial charge in [-0.3, -0.25) is 9.63 Å². The Balaban J connectivity index is 2.01. The van der Waals surface area contributed by atoms with Crippen molar-refractivity contribution >= 4 is 12.1 Å². The minimum atomic E-state index is 0.370. The fraction of sp³-hybridized carbons (Fsp3) is 0.188. The highest BCUT2D eigenvalue weighted by molar-refractivity contribution is 5.72. The van der Waals surface area contributed by atoms with Gasteiger partial charge in [-0.1, -0.05) is 49.4 Å². The van der Waals surface area contributed by atoms with E-state index in [4.69, 9.17) is 4.84 Å². The van der Waals surface area contributed by atoms with Crippen molar-refractivity contribution in [3.8, 4) is 0 Å². The Morgan fingerprint density at radius 3 is 2.26 bits per heavy atom. The second kappa shape index (κ2) is 6.71. The molecule has 0 saturated heterocycles. The van der Waals surface area contributed by atoms with Crippen molar-refractivity contribution in [2.45, 2.75) is 20.0 Å². The molecule has 0 saturated carbocycles. The third-order valence-electron chi connectivity index (χ3n) is 2.91. The van der Waals surface area contributed by atoms with Crippen molar-refractivity contribution in [3.05, 3.63) is 65.7 Å². The zero-order valence-corrected chi connectivity index (χ0v) is 11.0. The second-order valence-electron chi connectivity index (χ2n) is 4.21. The Morgan fingerprint density at radius 2 is 1.68 bits per heavy atom. The summed E-state index contributed by atoms with van der Waals surface area (Å²) in [5, 5.41) is 1.26. The Labute approximate surface area is 113 Å². The monoisotopic (exact) mass is 255 g/mol. The minimum Gasteiger partial charge on any atom is -0.276 e. The fourth-order valence-corrected chi connectivity index (χ4v) is 1.76. The molecule has 19 heavy (non-hydrogen) atoms. The van der Waals surface area contributed by atoms with Gasteiger partial charge in [-0.15, -0.1) is 0 Å². The van der Waals surface area contributed by atoms with Crippen LogP contribution in [0.3, 0.4) is 0 Å². The minimum absolute atomic E-state index is 0.370. The van der Waals surface area contributed by atoms with Gasteiger partial charge in [0, 0.05) is 0 Å². The summed E-state index contributed by atoms with van der Waals surface area (Å²) >= 11 is 0. The molecule has 2 aromatic rings. The first-order valence-corrected chi connectivity index (χ1v) is 6.34. The van der Waals surface area contributed by atoms with Gasteiger partial charge in [0.25, 0.3) is 0 Å². The highest BCUT2D eigenvalue weighted by atomic mass is 16.7. The Morgan fingerprint density at radius 1 is 1.00 bits per heavy atom. The molecule has 0 unspecified atom stereocenters. The summed E-state index contributed by atoms with van der Waals surface area (Å²) < 4.78 is 0. The standard InChI is InChI=1S/C16H17NO2/c1-2-14-8-10-16(11-9-14)17(13-18)19-12-15-6-4-3-5-7-15/h3-11,13H,2,12H2,1H3. The van der Waals surface area contributed by atoms with Crippen LogP contribution in [0.25, 0.3) is 0 Å². The number of carbonyl (C=O) groups is 1. The SMILES string of the molecule is CCc1ccc(N(C=O)OCc2ccccc2)cc1. The van der Waals surface area contributed by atoms with Gasteiger partial charge < -0.3 is 0 Å². The van der Waals surface area contributed by atoms with Crippen LogP contribution in [0.5, 0.6) is 0 Å². The third-order valence-corrected chi connectivity index (χ3v) is 2.91. The van der Waals surface area contributed by atoms with Crippen LogP contribution in [0.15, 0.2) is 54.6 Å². The molecule has 0 heterocycles. The van der Waals surface area contributed by atoms with E-state index in [1.54, 1.807) is 0 Å². The molecule has 0 aromatic heterocycles. The van der Waals surface area contributed by atoms with E-state index in [9.17, 15) is 4.79 Å². The number of carbonyl (C=O) groups excluding carboxylic acids is 1. The summed E-state index contributed by atoms with van der Waals surface area (Å²) in [4.78, 5) is 16.6. The number of hydroxylamine groups is 1. The van der Waals surface area contributed by atoms with Crippen molar-refractivity contribution in [2.75, 3.05) is 5.06 Å². The average molecular weight is 255 g/mol. The Bertz CT molecular complexity index is 508. The predicted molar refractivity (Wildman–Crippen MR) is 75.6 cm³/mol. The number of amides is 1. The normalized spacial score (nSPS) is 10.2. The second-order valence-corrected chi connectivity index (χ2v) is 4.21. The molecular formula is C16H17NO2. The number of anilines is 1. The number of nitrogens with zero attached hydrogens (tertiary/aromatic N) is 1. The van der Waals surface area contributed by atoms with Crippen molar-refractivity contribution < 1.29 is 9.63 Å². The summed E-state index contributed by atoms with van der Waals surface area (Å²) in [6, 6.07) is 17.5. The molecule has 0 aliphatic rings. The van der Waals surface area contributed by atoms with Gasteiger partial charge in [0.2, 0.25) is 6.41 Å². The molecule has 0 fully saturated rings. The third kappa shape index (κ3) is 3.66. The molecule has 0 bridgehead atoms. The van der Waals surface area contributed by atoms with Gasteiger partial charge in [0.1, 0.15) is 6.61 Å². The van der Waals surface area contributed by atoms with Crippen LogP contribution in [-0.2, 0) is 22.7 Å². The van der Waals surface area contributed by atoms with Crippen LogP contribution < -0.4 is 5.06 Å². The number of hydrogen-bond acceptors (Lipinski definition) is 2. The average Bonchev–Trinajstić information content (AvgIpc) is 2.49. The van der Waals surface area contributed by atoms with E-state index in [2.05, 4.69) is 6.92 Å². The topological polar surface area (TPSA) is 29.5 Å². The number of benzene rings is 2. The lowest BCUT2D eigenvalue weighted by molar-refractivity contribution is -0.114. The molecule has 0 aliphatic carbocycles. The molecule has 0 aliphatic heterocycles. The largest absolute Gasteiger partial charge is 0.276 e. The molecule has 0 radical (unpaired) electrons. The number of hydrogen-bond donors (Lipinski definition) is 0. The predicted octanol–water partition coefficient (Wildman–Crippen LogP) is 3.34. The lowest BCUT2D eigenvalue weighted by Gasteiger charge is -2.17. The molecule has 2 rings (SSSR count). The maximum atomic E-state index is 11.1. The summed E-state index contributed by atoms with van der Waals surface area (Å²) in [6.07, 6.45) is 1.66. The highest BCUT2D eigenvalue weighted by Crippen LogP contribution is 2.15. The van der Waals surface area contributed by atoms with E-state index in [0.717, 1.165) is 17.7 Å². The lowest BCUT2D eigenvalue weighted by Crippen LogP contribution is -2.21. The van der Waals surface area contributed by atoms with Gasteiger partial charge in [-0.25, -0.2) is 0 Å². The summed E-state index contributed by atoms with van der Waals surface area (Å²) in [7, 11) is 0. The Hall–Kier alpha value is -2.13. The first kappa shape index (κ1) is 13.3. The molecule has 0 N–H and O–H groups in total. The zero-order chi connectivity index (χ0) is 13.5. The Kier molecular flexibility index (Phi) is 4.70. The van der Waals surface area contributed by atoms with Gasteiger partial charge >= 0.3 is 0 Å². The van der Waals surface area contributed by atoms with Gasteiger partial charge in [0.05, 0.1) is 5.69 Å². The van der Waals surface area contributed by atoms with E-state index in [0.29, 0.717) is 13.0 Å². The van der Waals surface area contributed by atoms with E-state index < -0.39 is 0 Å². The molecule has 0 atom stereocenters. The van der Waals surface area contributed by atoms with Gasteiger partial charge in [0.15, 0.2) is 0 Å². The van der Waals surface area contributed by atoms with Crippen LogP contribution >= 0.6 is 0 Å². The van der Waals surface area contributed by atoms with Crippen molar-refractivity contribution in [3.63, 3.8) is 0 Å². The quantitative estimate of drug-likeness (QED) is 0.585. The molecular weight excluding hydrogens is 238 g/mol. The van der Waals surface area contributed by atoms with Gasteiger partial charge in [-0.2, -0.15) is 5.06 Å². The van der Waals surface area contributed by atoms with Crippen molar-refractivity contribution in [1.82, 2.24) is 0 Å². The summed E-state index contributed by atoms with van der Waals surface area (Å²) in [6.45, 7) is 2.47. The fourth-order valence-electron chi connectivity index (χ4n) is 1.76. The first-order chi connectivity index (χ1) is 9.33. The number of rotatable bonds is 6. The maximum Gasteiger partial charge on any atom is 0.238 e. The van der Waals surface area contributed by atoms with E-state index >= 15 is 0 Å². The summed E-state index contributed by atoms with van der Waals surface area (Å²) in [5.41, 5.74) is 3.00. The molecule has 2 aromatic carbocycles. The number of aryl methyl sites for hydroxylation is 1. The van der Waals surface area contributed by atoms with Crippen LogP contribution in [-0.4, -0.2) is 6.41 Å². The molecule has 3 heteroatoms. The summed E-state index contributed by atoms with van der Waals surface area (Å²) in [5.74, 6) is 0. The van der Waals surface area contributed by atoms with Crippen molar-refractivity contribution in [2.24, 2.45) is 0 Å². The van der Waals surface area contributed by atoms with Crippen LogP contribution in [0, 0.1) is 0 Å². The maximum absolute atomic E-state index is 11.1. The lowest BCUT2D eigenvalue weighted by atomic mass is 10.1. The molecule has 98 valence electrons. The molecule has 1 amide bonds. The van der Waals surface area contributed by atoms with Crippen LogP contribution in [0.2, 0.25) is 0 Å². The van der Waals surface area contributed by atoms with Crippen LogP contribution in [0.1, 0.15) is 18.1 Å². The smallest absolute Gasteiger partial charge is 0.238 e. The first-order valence-electron chi connectivity index (χ1n) is 6.34.